The van der Waals surface area contributed by atoms with E-state index in [2.05, 4.69) is 0 Å². The van der Waals surface area contributed by atoms with E-state index in [1.54, 1.807) is 12.1 Å². The highest BCUT2D eigenvalue weighted by Gasteiger charge is 2.27. The highest BCUT2D eigenvalue weighted by molar-refractivity contribution is 7.89. The van der Waals surface area contributed by atoms with E-state index in [4.69, 9.17) is 15.6 Å². The lowest BCUT2D eigenvalue weighted by atomic mass is 10.3. The third-order valence-corrected chi connectivity index (χ3v) is 3.12. The molecule has 0 aromatic heterocycles. The van der Waals surface area contributed by atoms with Crippen LogP contribution in [-0.2, 0) is 10.0 Å². The molecule has 0 heterocycles. The summed E-state index contributed by atoms with van der Waals surface area (Å²) in [6.07, 6.45) is 1.99. The second-order valence-electron chi connectivity index (χ2n) is 3.54. The molecule has 1 saturated carbocycles. The number of nitrogens with two attached hydrogens (primary N) is 2. The maximum Gasteiger partial charge on any atom is 0.243 e. The van der Waals surface area contributed by atoms with Crippen LogP contribution in [0.3, 0.4) is 0 Å². The Morgan fingerprint density at radius 1 is 1.33 bits per heavy atom. The van der Waals surface area contributed by atoms with Gasteiger partial charge in [0.15, 0.2) is 0 Å². The molecule has 6 heteroatoms. The summed E-state index contributed by atoms with van der Waals surface area (Å²) in [7, 11) is -3.83. The minimum atomic E-state index is -3.83. The maximum atomic E-state index is 11.3. The first-order valence-electron chi connectivity index (χ1n) is 4.56. The molecule has 0 unspecified atom stereocenters. The molecule has 0 spiro atoms. The Morgan fingerprint density at radius 3 is 2.53 bits per heavy atom. The van der Waals surface area contributed by atoms with Crippen LogP contribution < -0.4 is 15.6 Å². The molecule has 0 atom stereocenters. The van der Waals surface area contributed by atoms with Crippen molar-refractivity contribution in [2.45, 2.75) is 23.8 Å². The van der Waals surface area contributed by atoms with Gasteiger partial charge in [0.25, 0.3) is 0 Å². The van der Waals surface area contributed by atoms with Gasteiger partial charge in [-0.25, -0.2) is 13.6 Å². The number of sulfonamides is 1. The van der Waals surface area contributed by atoms with Crippen LogP contribution in [0.15, 0.2) is 23.1 Å². The summed E-state index contributed by atoms with van der Waals surface area (Å²) in [5.41, 5.74) is 5.69. The monoisotopic (exact) mass is 228 g/mol. The standard InChI is InChI=1S/C9H12N2O3S/c10-7-2-1-3-8(14-6-4-5-6)9(7)15(11,12)13/h1-3,6H,4-5,10H2,(H2,11,12,13). The Hall–Kier alpha value is -1.27. The van der Waals surface area contributed by atoms with Gasteiger partial charge in [-0.15, -0.1) is 0 Å². The molecule has 0 bridgehead atoms. The zero-order valence-corrected chi connectivity index (χ0v) is 8.83. The zero-order chi connectivity index (χ0) is 11.1. The minimum Gasteiger partial charge on any atom is -0.489 e. The van der Waals surface area contributed by atoms with Gasteiger partial charge in [-0.05, 0) is 25.0 Å². The lowest BCUT2D eigenvalue weighted by Gasteiger charge is -2.10. The van der Waals surface area contributed by atoms with Gasteiger partial charge in [-0.2, -0.15) is 0 Å². The quantitative estimate of drug-likeness (QED) is 0.734. The molecule has 4 N–H and O–H groups in total. The van der Waals surface area contributed by atoms with Crippen LogP contribution in [0.25, 0.3) is 0 Å². The molecular weight excluding hydrogens is 216 g/mol. The Kier molecular flexibility index (Phi) is 2.32. The topological polar surface area (TPSA) is 95.4 Å². The molecule has 1 aliphatic carbocycles. The zero-order valence-electron chi connectivity index (χ0n) is 8.01. The van der Waals surface area contributed by atoms with Crippen LogP contribution in [0.4, 0.5) is 5.69 Å². The van der Waals surface area contributed by atoms with Crippen molar-refractivity contribution in [3.05, 3.63) is 18.2 Å². The van der Waals surface area contributed by atoms with Crippen molar-refractivity contribution in [1.29, 1.82) is 0 Å². The number of hydrogen-bond acceptors (Lipinski definition) is 4. The molecule has 15 heavy (non-hydrogen) atoms. The van der Waals surface area contributed by atoms with Crippen molar-refractivity contribution in [3.8, 4) is 5.75 Å². The number of hydrogen-bond donors (Lipinski definition) is 2. The molecule has 0 aliphatic heterocycles. The summed E-state index contributed by atoms with van der Waals surface area (Å²) in [6, 6.07) is 4.69. The fourth-order valence-corrected chi connectivity index (χ4v) is 2.09. The summed E-state index contributed by atoms with van der Waals surface area (Å²) in [5.74, 6) is 0.250. The van der Waals surface area contributed by atoms with E-state index in [-0.39, 0.29) is 22.4 Å². The van der Waals surface area contributed by atoms with Crippen LogP contribution in [0.1, 0.15) is 12.8 Å². The number of ether oxygens (including phenoxy) is 1. The fourth-order valence-electron chi connectivity index (χ4n) is 1.30. The van der Waals surface area contributed by atoms with Gasteiger partial charge in [-0.1, -0.05) is 6.07 Å². The number of anilines is 1. The SMILES string of the molecule is Nc1cccc(OC2CC2)c1S(N)(=O)=O. The maximum absolute atomic E-state index is 11.3. The molecule has 5 nitrogen and oxygen atoms in total. The average molecular weight is 228 g/mol. The first kappa shape index (κ1) is 10.3. The minimum absolute atomic E-state index is 0.104. The second kappa shape index (κ2) is 3.39. The number of benzene rings is 1. The molecule has 2 rings (SSSR count). The second-order valence-corrected chi connectivity index (χ2v) is 5.03. The van der Waals surface area contributed by atoms with Gasteiger partial charge in [0.1, 0.15) is 10.6 Å². The van der Waals surface area contributed by atoms with Gasteiger partial charge in [0, 0.05) is 0 Å². The molecule has 0 radical (unpaired) electrons. The molecule has 82 valence electrons. The van der Waals surface area contributed by atoms with E-state index >= 15 is 0 Å². The van der Waals surface area contributed by atoms with E-state index in [1.807, 2.05) is 0 Å². The third-order valence-electron chi connectivity index (χ3n) is 2.11. The lowest BCUT2D eigenvalue weighted by Crippen LogP contribution is -2.16. The largest absolute Gasteiger partial charge is 0.489 e. The highest BCUT2D eigenvalue weighted by atomic mass is 32.2. The van der Waals surface area contributed by atoms with Crippen molar-refractivity contribution in [2.24, 2.45) is 5.14 Å². The molecule has 1 aliphatic rings. The molecule has 1 aromatic rings. The van der Waals surface area contributed by atoms with Crippen LogP contribution in [0.5, 0.6) is 5.75 Å². The molecule has 1 aromatic carbocycles. The third kappa shape index (κ3) is 2.21. The first-order valence-corrected chi connectivity index (χ1v) is 6.11. The van der Waals surface area contributed by atoms with E-state index in [9.17, 15) is 8.42 Å². The van der Waals surface area contributed by atoms with Crippen LogP contribution in [-0.4, -0.2) is 14.5 Å². The summed E-state index contributed by atoms with van der Waals surface area (Å²) in [6.45, 7) is 0. The Balaban J connectivity index is 2.47. The summed E-state index contributed by atoms with van der Waals surface area (Å²) >= 11 is 0. The Morgan fingerprint density at radius 2 is 2.00 bits per heavy atom. The number of primary sulfonamides is 1. The van der Waals surface area contributed by atoms with Crippen molar-refractivity contribution in [1.82, 2.24) is 0 Å². The van der Waals surface area contributed by atoms with Crippen molar-refractivity contribution in [3.63, 3.8) is 0 Å². The van der Waals surface area contributed by atoms with Crippen LogP contribution in [0.2, 0.25) is 0 Å². The summed E-state index contributed by atoms with van der Waals surface area (Å²) < 4.78 is 28.0. The van der Waals surface area contributed by atoms with Gasteiger partial charge in [0.2, 0.25) is 10.0 Å². The van der Waals surface area contributed by atoms with Gasteiger partial charge in [0.05, 0.1) is 11.8 Å². The van der Waals surface area contributed by atoms with E-state index in [0.717, 1.165) is 12.8 Å². The lowest BCUT2D eigenvalue weighted by molar-refractivity contribution is 0.295. The average Bonchev–Trinajstić information content (AvgIpc) is 2.85. The van der Waals surface area contributed by atoms with Crippen molar-refractivity contribution < 1.29 is 13.2 Å². The molecule has 0 saturated heterocycles. The van der Waals surface area contributed by atoms with Gasteiger partial charge >= 0.3 is 0 Å². The Labute approximate surface area is 88.1 Å². The molecular formula is C9H12N2O3S. The van der Waals surface area contributed by atoms with Crippen molar-refractivity contribution in [2.75, 3.05) is 5.73 Å². The fraction of sp³-hybridized carbons (Fsp3) is 0.333. The predicted octanol–water partition coefficient (Wildman–Crippen LogP) is 0.457. The van der Waals surface area contributed by atoms with Crippen LogP contribution >= 0.6 is 0 Å². The van der Waals surface area contributed by atoms with E-state index in [1.165, 1.54) is 6.07 Å². The van der Waals surface area contributed by atoms with E-state index in [0.29, 0.717) is 0 Å². The predicted molar refractivity (Wildman–Crippen MR) is 55.9 cm³/mol. The highest BCUT2D eigenvalue weighted by Crippen LogP contribution is 2.33. The smallest absolute Gasteiger partial charge is 0.243 e. The normalized spacial score (nSPS) is 16.3. The van der Waals surface area contributed by atoms with Gasteiger partial charge < -0.3 is 10.5 Å². The van der Waals surface area contributed by atoms with Crippen LogP contribution in [0, 0.1) is 0 Å². The first-order chi connectivity index (χ1) is 6.98. The number of nitrogen functional groups attached to an aromatic ring is 1. The summed E-state index contributed by atoms with van der Waals surface area (Å²) in [4.78, 5) is -0.114. The van der Waals surface area contributed by atoms with Crippen molar-refractivity contribution >= 4 is 15.7 Å². The van der Waals surface area contributed by atoms with E-state index < -0.39 is 10.0 Å². The molecule has 0 amide bonds. The van der Waals surface area contributed by atoms with Gasteiger partial charge in [-0.3, -0.25) is 0 Å². The summed E-state index contributed by atoms with van der Waals surface area (Å²) in [5, 5.41) is 5.07. The molecule has 1 fully saturated rings. The Bertz CT molecular complexity index is 480. The number of rotatable bonds is 3.